The maximum absolute atomic E-state index is 12.1. The van der Waals surface area contributed by atoms with Gasteiger partial charge in [0.05, 0.1) is 15.8 Å². The maximum atomic E-state index is 12.1. The number of pyridine rings is 1. The molecule has 0 aliphatic heterocycles. The zero-order valence-electron chi connectivity index (χ0n) is 11.4. The van der Waals surface area contributed by atoms with Crippen molar-refractivity contribution in [3.05, 3.63) is 57.7 Å². The van der Waals surface area contributed by atoms with Crippen LogP contribution in [0.1, 0.15) is 5.56 Å². The summed E-state index contributed by atoms with van der Waals surface area (Å²) < 4.78 is 1.01. The Balaban J connectivity index is 1.88. The Morgan fingerprint density at radius 3 is 2.76 bits per heavy atom. The van der Waals surface area contributed by atoms with Crippen molar-refractivity contribution in [3.8, 4) is 0 Å². The first-order chi connectivity index (χ1) is 10.1. The van der Waals surface area contributed by atoms with Gasteiger partial charge in [-0.05, 0) is 23.8 Å². The Morgan fingerprint density at radius 1 is 1.33 bits per heavy atom. The SMILES string of the molecule is CN(Cc1ccccc1Br)C(=O)CSc1ccc(Cl)cn1. The highest BCUT2D eigenvalue weighted by Crippen LogP contribution is 2.20. The first-order valence-corrected chi connectivity index (χ1v) is 8.43. The molecule has 0 aliphatic rings. The van der Waals surface area contributed by atoms with Crippen LogP contribution in [0.2, 0.25) is 5.02 Å². The van der Waals surface area contributed by atoms with E-state index >= 15 is 0 Å². The summed E-state index contributed by atoms with van der Waals surface area (Å²) in [6.45, 7) is 0.578. The fourth-order valence-corrected chi connectivity index (χ4v) is 2.97. The molecule has 0 saturated heterocycles. The standard InChI is InChI=1S/C15H14BrClN2OS/c1-19(9-11-4-2-3-5-13(11)16)15(20)10-21-14-7-6-12(17)8-18-14/h2-8H,9-10H2,1H3. The second kappa shape index (κ2) is 7.82. The molecule has 110 valence electrons. The van der Waals surface area contributed by atoms with E-state index in [9.17, 15) is 4.79 Å². The van der Waals surface area contributed by atoms with Crippen molar-refractivity contribution in [3.63, 3.8) is 0 Å². The fourth-order valence-electron chi connectivity index (χ4n) is 1.66. The van der Waals surface area contributed by atoms with Gasteiger partial charge in [0, 0.05) is 24.3 Å². The fraction of sp³-hybridized carbons (Fsp3) is 0.200. The van der Waals surface area contributed by atoms with E-state index in [0.29, 0.717) is 17.3 Å². The van der Waals surface area contributed by atoms with Crippen molar-refractivity contribution >= 4 is 45.2 Å². The lowest BCUT2D eigenvalue weighted by Crippen LogP contribution is -2.27. The molecule has 2 rings (SSSR count). The summed E-state index contributed by atoms with van der Waals surface area (Å²) in [4.78, 5) is 18.0. The first kappa shape index (κ1) is 16.3. The second-order valence-corrected chi connectivity index (χ2v) is 6.73. The third kappa shape index (κ3) is 5.02. The van der Waals surface area contributed by atoms with E-state index in [1.54, 1.807) is 24.2 Å². The average Bonchev–Trinajstić information content (AvgIpc) is 2.48. The van der Waals surface area contributed by atoms with Gasteiger partial charge in [0.15, 0.2) is 0 Å². The highest BCUT2D eigenvalue weighted by atomic mass is 79.9. The van der Waals surface area contributed by atoms with E-state index in [1.165, 1.54) is 11.8 Å². The predicted octanol–water partition coefficient (Wildman–Crippen LogP) is 4.25. The summed E-state index contributed by atoms with van der Waals surface area (Å²) in [5.41, 5.74) is 1.09. The zero-order valence-corrected chi connectivity index (χ0v) is 14.6. The van der Waals surface area contributed by atoms with Crippen LogP contribution in [0.15, 0.2) is 52.1 Å². The Hall–Kier alpha value is -1.04. The van der Waals surface area contributed by atoms with Gasteiger partial charge < -0.3 is 4.90 Å². The van der Waals surface area contributed by atoms with Crippen LogP contribution in [0, 0.1) is 0 Å². The minimum absolute atomic E-state index is 0.0625. The van der Waals surface area contributed by atoms with Crippen molar-refractivity contribution in [2.75, 3.05) is 12.8 Å². The number of thioether (sulfide) groups is 1. The van der Waals surface area contributed by atoms with E-state index in [1.807, 2.05) is 30.3 Å². The summed E-state index contributed by atoms with van der Waals surface area (Å²) >= 11 is 10.7. The molecule has 0 bridgehead atoms. The molecule has 1 aromatic carbocycles. The lowest BCUT2D eigenvalue weighted by Gasteiger charge is -2.17. The number of carbonyl (C=O) groups is 1. The lowest BCUT2D eigenvalue weighted by molar-refractivity contribution is -0.127. The molecule has 0 fully saturated rings. The minimum Gasteiger partial charge on any atom is -0.341 e. The Bertz CT molecular complexity index is 621. The quantitative estimate of drug-likeness (QED) is 0.721. The van der Waals surface area contributed by atoms with Gasteiger partial charge in [0.2, 0.25) is 5.91 Å². The Kier molecular flexibility index (Phi) is 6.08. The topological polar surface area (TPSA) is 33.2 Å². The molecule has 21 heavy (non-hydrogen) atoms. The van der Waals surface area contributed by atoms with Gasteiger partial charge in [-0.15, -0.1) is 0 Å². The lowest BCUT2D eigenvalue weighted by atomic mass is 10.2. The van der Waals surface area contributed by atoms with Crippen LogP contribution in [0.3, 0.4) is 0 Å². The second-order valence-electron chi connectivity index (χ2n) is 4.44. The number of aromatic nitrogens is 1. The molecule has 0 saturated carbocycles. The van der Waals surface area contributed by atoms with Crippen LogP contribution in [0.5, 0.6) is 0 Å². The number of hydrogen-bond acceptors (Lipinski definition) is 3. The predicted molar refractivity (Wildman–Crippen MR) is 90.6 cm³/mol. The number of benzene rings is 1. The van der Waals surface area contributed by atoms with Crippen LogP contribution in [0.4, 0.5) is 0 Å². The van der Waals surface area contributed by atoms with E-state index in [2.05, 4.69) is 20.9 Å². The average molecular weight is 386 g/mol. The zero-order chi connectivity index (χ0) is 15.2. The molecule has 0 spiro atoms. The van der Waals surface area contributed by atoms with Gasteiger partial charge in [-0.25, -0.2) is 4.98 Å². The van der Waals surface area contributed by atoms with Crippen LogP contribution in [0.25, 0.3) is 0 Å². The molecule has 0 atom stereocenters. The molecule has 0 aliphatic carbocycles. The Morgan fingerprint density at radius 2 is 2.10 bits per heavy atom. The number of halogens is 2. The number of nitrogens with zero attached hydrogens (tertiary/aromatic N) is 2. The summed E-state index contributed by atoms with van der Waals surface area (Å²) in [6, 6.07) is 11.5. The molecule has 6 heteroatoms. The van der Waals surface area contributed by atoms with Crippen LogP contribution >= 0.6 is 39.3 Å². The van der Waals surface area contributed by atoms with Crippen molar-refractivity contribution in [2.24, 2.45) is 0 Å². The smallest absolute Gasteiger partial charge is 0.233 e. The molecule has 1 aromatic heterocycles. The Labute approximate surface area is 141 Å². The van der Waals surface area contributed by atoms with E-state index < -0.39 is 0 Å². The van der Waals surface area contributed by atoms with Gasteiger partial charge in [0.1, 0.15) is 0 Å². The van der Waals surface area contributed by atoms with Gasteiger partial charge in [-0.1, -0.05) is 57.5 Å². The molecular formula is C15H14BrClN2OS. The van der Waals surface area contributed by atoms with Crippen LogP contribution < -0.4 is 0 Å². The normalized spacial score (nSPS) is 10.4. The first-order valence-electron chi connectivity index (χ1n) is 6.28. The third-order valence-electron chi connectivity index (χ3n) is 2.83. The number of amides is 1. The number of rotatable bonds is 5. The summed E-state index contributed by atoms with van der Waals surface area (Å²) in [7, 11) is 1.80. The van der Waals surface area contributed by atoms with Gasteiger partial charge >= 0.3 is 0 Å². The van der Waals surface area contributed by atoms with Crippen LogP contribution in [-0.4, -0.2) is 28.6 Å². The highest BCUT2D eigenvalue weighted by Gasteiger charge is 2.11. The molecule has 0 radical (unpaired) electrons. The maximum Gasteiger partial charge on any atom is 0.233 e. The van der Waals surface area contributed by atoms with Crippen LogP contribution in [-0.2, 0) is 11.3 Å². The van der Waals surface area contributed by atoms with E-state index in [0.717, 1.165) is 15.1 Å². The summed E-state index contributed by atoms with van der Waals surface area (Å²) in [5.74, 6) is 0.419. The van der Waals surface area contributed by atoms with Crippen molar-refractivity contribution < 1.29 is 4.79 Å². The van der Waals surface area contributed by atoms with Gasteiger partial charge in [-0.2, -0.15) is 0 Å². The number of carbonyl (C=O) groups excluding carboxylic acids is 1. The third-order valence-corrected chi connectivity index (χ3v) is 4.76. The highest BCUT2D eigenvalue weighted by molar-refractivity contribution is 9.10. The van der Waals surface area contributed by atoms with Crippen molar-refractivity contribution in [1.82, 2.24) is 9.88 Å². The summed E-state index contributed by atoms with van der Waals surface area (Å²) in [5, 5.41) is 1.39. The van der Waals surface area contributed by atoms with Gasteiger partial charge in [0.25, 0.3) is 0 Å². The van der Waals surface area contributed by atoms with Crippen molar-refractivity contribution in [1.29, 1.82) is 0 Å². The molecule has 2 aromatic rings. The molecule has 1 heterocycles. The largest absolute Gasteiger partial charge is 0.341 e. The van der Waals surface area contributed by atoms with E-state index in [-0.39, 0.29) is 5.91 Å². The minimum atomic E-state index is 0.0625. The monoisotopic (exact) mass is 384 g/mol. The van der Waals surface area contributed by atoms with Crippen molar-refractivity contribution in [2.45, 2.75) is 11.6 Å². The number of hydrogen-bond donors (Lipinski definition) is 0. The van der Waals surface area contributed by atoms with Gasteiger partial charge in [-0.3, -0.25) is 4.79 Å². The molecular weight excluding hydrogens is 372 g/mol. The van der Waals surface area contributed by atoms with E-state index in [4.69, 9.17) is 11.6 Å². The molecule has 3 nitrogen and oxygen atoms in total. The molecule has 1 amide bonds. The molecule has 0 N–H and O–H groups in total. The summed E-state index contributed by atoms with van der Waals surface area (Å²) in [6.07, 6.45) is 1.58. The molecule has 0 unspecified atom stereocenters.